The Balaban J connectivity index is 3.24. The second kappa shape index (κ2) is 5.68. The van der Waals surface area contributed by atoms with Gasteiger partial charge in [-0.25, -0.2) is 17.9 Å². The van der Waals surface area contributed by atoms with Crippen molar-refractivity contribution < 1.29 is 8.42 Å². The minimum absolute atomic E-state index is 0.0776. The maximum atomic E-state index is 12.0. The number of likely N-dealkylation sites (N-methyl/N-ethyl adjacent to an activating group) is 1. The van der Waals surface area contributed by atoms with Crippen LogP contribution in [0.5, 0.6) is 0 Å². The smallest absolute Gasteiger partial charge is 0.316 e. The van der Waals surface area contributed by atoms with E-state index in [1.54, 1.807) is 14.0 Å². The average Bonchev–Trinajstić information content (AvgIpc) is 2.37. The van der Waals surface area contributed by atoms with Gasteiger partial charge in [0, 0.05) is 32.9 Å². The van der Waals surface area contributed by atoms with Crippen molar-refractivity contribution in [3.8, 4) is 0 Å². The van der Waals surface area contributed by atoms with E-state index < -0.39 is 26.2 Å². The molecule has 0 aliphatic heterocycles. The van der Waals surface area contributed by atoms with E-state index in [1.807, 2.05) is 0 Å². The van der Waals surface area contributed by atoms with Crippen LogP contribution in [0.25, 0.3) is 0 Å². The Morgan fingerprint density at radius 2 is 1.89 bits per heavy atom. The van der Waals surface area contributed by atoms with Crippen LogP contribution in [0, 0.1) is 0 Å². The number of aromatic nitrogens is 2. The number of nitrogens with one attached hydrogen (secondary N) is 2. The lowest BCUT2D eigenvalue weighted by molar-refractivity contribution is 0.548. The summed E-state index contributed by atoms with van der Waals surface area (Å²) in [6, 6.07) is -0.0776. The lowest BCUT2D eigenvalue weighted by Crippen LogP contribution is -2.43. The van der Waals surface area contributed by atoms with Gasteiger partial charge in [-0.05, 0) is 14.0 Å². The second-order valence-electron chi connectivity index (χ2n) is 4.29. The maximum absolute atomic E-state index is 12.0. The SMILES string of the molecule is CNC(C)CNS(=O)(=O)c1cn(C)c(=O)n(C)c1=O. The quantitative estimate of drug-likeness (QED) is 0.651. The zero-order valence-electron chi connectivity index (χ0n) is 11.3. The number of rotatable bonds is 5. The topological polar surface area (TPSA) is 102 Å². The molecule has 1 aromatic heterocycles. The van der Waals surface area contributed by atoms with E-state index in [1.165, 1.54) is 14.1 Å². The molecule has 0 saturated carbocycles. The van der Waals surface area contributed by atoms with E-state index in [9.17, 15) is 18.0 Å². The van der Waals surface area contributed by atoms with Crippen LogP contribution < -0.4 is 21.3 Å². The third-order valence-electron chi connectivity index (χ3n) is 2.78. The molecule has 0 saturated heterocycles. The Morgan fingerprint density at radius 3 is 2.42 bits per heavy atom. The van der Waals surface area contributed by atoms with Crippen LogP contribution >= 0.6 is 0 Å². The highest BCUT2D eigenvalue weighted by atomic mass is 32.2. The molecule has 8 nitrogen and oxygen atoms in total. The molecule has 1 atom stereocenters. The summed E-state index contributed by atoms with van der Waals surface area (Å²) in [5.41, 5.74) is -1.42. The van der Waals surface area contributed by atoms with E-state index in [-0.39, 0.29) is 12.6 Å². The first-order valence-electron chi connectivity index (χ1n) is 5.64. The number of nitrogens with zero attached hydrogens (tertiary/aromatic N) is 2. The van der Waals surface area contributed by atoms with Crippen molar-refractivity contribution in [3.63, 3.8) is 0 Å². The normalized spacial score (nSPS) is 13.5. The molecule has 2 N–H and O–H groups in total. The van der Waals surface area contributed by atoms with Crippen molar-refractivity contribution in [1.82, 2.24) is 19.2 Å². The predicted octanol–water partition coefficient (Wildman–Crippen LogP) is -2.03. The van der Waals surface area contributed by atoms with Gasteiger partial charge in [0.1, 0.15) is 0 Å². The first-order valence-corrected chi connectivity index (χ1v) is 7.12. The average molecular weight is 290 g/mol. The Kier molecular flexibility index (Phi) is 4.66. The first kappa shape index (κ1) is 15.6. The van der Waals surface area contributed by atoms with Crippen molar-refractivity contribution >= 4 is 10.0 Å². The van der Waals surface area contributed by atoms with Crippen LogP contribution in [-0.2, 0) is 24.1 Å². The zero-order chi connectivity index (χ0) is 14.8. The second-order valence-corrected chi connectivity index (χ2v) is 6.03. The molecule has 0 aliphatic rings. The molecule has 0 spiro atoms. The van der Waals surface area contributed by atoms with Crippen LogP contribution in [0.15, 0.2) is 20.7 Å². The van der Waals surface area contributed by atoms with Gasteiger partial charge in [0.2, 0.25) is 10.0 Å². The minimum atomic E-state index is -3.94. The van der Waals surface area contributed by atoms with Gasteiger partial charge in [0.05, 0.1) is 0 Å². The Bertz CT molecular complexity index is 674. The number of aryl methyl sites for hydroxylation is 1. The largest absolute Gasteiger partial charge is 0.330 e. The van der Waals surface area contributed by atoms with Gasteiger partial charge in [-0.3, -0.25) is 9.36 Å². The molecule has 1 rings (SSSR count). The third-order valence-corrected chi connectivity index (χ3v) is 4.18. The van der Waals surface area contributed by atoms with E-state index in [2.05, 4.69) is 10.0 Å². The summed E-state index contributed by atoms with van der Waals surface area (Å²) in [7, 11) is 0.380. The summed E-state index contributed by atoms with van der Waals surface area (Å²) in [5.74, 6) is 0. The van der Waals surface area contributed by atoms with E-state index >= 15 is 0 Å². The summed E-state index contributed by atoms with van der Waals surface area (Å²) in [5, 5.41) is 2.87. The third kappa shape index (κ3) is 3.31. The molecule has 108 valence electrons. The Labute approximate surface area is 111 Å². The van der Waals surface area contributed by atoms with Gasteiger partial charge in [0.25, 0.3) is 5.56 Å². The minimum Gasteiger partial charge on any atom is -0.316 e. The van der Waals surface area contributed by atoms with Gasteiger partial charge in [-0.15, -0.1) is 0 Å². The van der Waals surface area contributed by atoms with Crippen molar-refractivity contribution in [1.29, 1.82) is 0 Å². The summed E-state index contributed by atoms with van der Waals surface area (Å²) >= 11 is 0. The maximum Gasteiger partial charge on any atom is 0.330 e. The molecule has 0 amide bonds. The Hall–Kier alpha value is -1.45. The molecule has 1 aromatic rings. The molecular weight excluding hydrogens is 272 g/mol. The first-order chi connectivity index (χ1) is 8.70. The summed E-state index contributed by atoms with van der Waals surface area (Å²) < 4.78 is 28.2. The molecule has 0 aliphatic carbocycles. The number of sulfonamides is 1. The van der Waals surface area contributed by atoms with E-state index in [0.717, 1.165) is 15.3 Å². The van der Waals surface area contributed by atoms with Crippen LogP contribution in [0.1, 0.15) is 6.92 Å². The molecule has 0 fully saturated rings. The fourth-order valence-electron chi connectivity index (χ4n) is 1.37. The van der Waals surface area contributed by atoms with Crippen LogP contribution in [-0.4, -0.2) is 37.2 Å². The van der Waals surface area contributed by atoms with Crippen molar-refractivity contribution in [2.75, 3.05) is 13.6 Å². The summed E-state index contributed by atoms with van der Waals surface area (Å²) in [4.78, 5) is 22.9. The molecule has 1 heterocycles. The van der Waals surface area contributed by atoms with Gasteiger partial charge in [-0.2, -0.15) is 0 Å². The number of hydrogen-bond acceptors (Lipinski definition) is 5. The lowest BCUT2D eigenvalue weighted by atomic mass is 10.4. The van der Waals surface area contributed by atoms with Crippen LogP contribution in [0.2, 0.25) is 0 Å². The fourth-order valence-corrected chi connectivity index (χ4v) is 2.66. The van der Waals surface area contributed by atoms with Gasteiger partial charge < -0.3 is 9.88 Å². The van der Waals surface area contributed by atoms with Crippen molar-refractivity contribution in [2.45, 2.75) is 17.9 Å². The molecule has 1 unspecified atom stereocenters. The molecule has 0 bridgehead atoms. The summed E-state index contributed by atoms with van der Waals surface area (Å²) in [6.45, 7) is 1.94. The fraction of sp³-hybridized carbons (Fsp3) is 0.600. The van der Waals surface area contributed by atoms with Crippen molar-refractivity contribution in [3.05, 3.63) is 27.0 Å². The van der Waals surface area contributed by atoms with Gasteiger partial charge in [-0.1, -0.05) is 0 Å². The Morgan fingerprint density at radius 1 is 1.32 bits per heavy atom. The van der Waals surface area contributed by atoms with Gasteiger partial charge >= 0.3 is 5.69 Å². The van der Waals surface area contributed by atoms with E-state index in [4.69, 9.17) is 0 Å². The zero-order valence-corrected chi connectivity index (χ0v) is 12.1. The van der Waals surface area contributed by atoms with Crippen LogP contribution in [0.3, 0.4) is 0 Å². The molecule has 0 radical (unpaired) electrons. The molecule has 0 aromatic carbocycles. The monoisotopic (exact) mass is 290 g/mol. The highest BCUT2D eigenvalue weighted by Crippen LogP contribution is 1.99. The van der Waals surface area contributed by atoms with Crippen LogP contribution in [0.4, 0.5) is 0 Å². The van der Waals surface area contributed by atoms with Crippen molar-refractivity contribution in [2.24, 2.45) is 14.1 Å². The van der Waals surface area contributed by atoms with Gasteiger partial charge in [0.15, 0.2) is 4.90 Å². The highest BCUT2D eigenvalue weighted by Gasteiger charge is 2.21. The molecule has 9 heteroatoms. The van der Waals surface area contributed by atoms with E-state index in [0.29, 0.717) is 0 Å². The standard InChI is InChI=1S/C10H18N4O4S/c1-7(11-2)5-12-19(17,18)8-6-13(3)10(16)14(4)9(8)15/h6-7,11-12H,5H2,1-4H3. The summed E-state index contributed by atoms with van der Waals surface area (Å²) in [6.07, 6.45) is 1.02. The molecule has 19 heavy (non-hydrogen) atoms. The lowest BCUT2D eigenvalue weighted by Gasteiger charge is -2.12. The molecular formula is C10H18N4O4S. The number of hydrogen-bond donors (Lipinski definition) is 2. The predicted molar refractivity (Wildman–Crippen MR) is 70.6 cm³/mol. The highest BCUT2D eigenvalue weighted by molar-refractivity contribution is 7.89.